The molecule has 17 heavy (non-hydrogen) atoms. The number of amides is 1. The van der Waals surface area contributed by atoms with Crippen LogP contribution in [-0.2, 0) is 20.9 Å². The number of nitrogens with one attached hydrogen (secondary N) is 1. The molecule has 2 rings (SSSR count). The number of cyclic esters (lactones) is 1. The maximum absolute atomic E-state index is 11.4. The lowest BCUT2D eigenvalue weighted by Crippen LogP contribution is -2.58. The third-order valence-corrected chi connectivity index (χ3v) is 2.51. The highest BCUT2D eigenvalue weighted by atomic mass is 16.6. The smallest absolute Gasteiger partial charge is 0.408 e. The third-order valence-electron chi connectivity index (χ3n) is 2.51. The first kappa shape index (κ1) is 11.4. The van der Waals surface area contributed by atoms with Gasteiger partial charge in [0.15, 0.2) is 6.04 Å². The minimum absolute atomic E-state index is 0.183. The zero-order valence-electron chi connectivity index (χ0n) is 9.38. The zero-order valence-corrected chi connectivity index (χ0v) is 9.38. The van der Waals surface area contributed by atoms with Crippen LogP contribution in [0.3, 0.4) is 0 Å². The lowest BCUT2D eigenvalue weighted by Gasteiger charge is -2.32. The molecule has 1 aromatic carbocycles. The molecule has 0 spiro atoms. The Balaban J connectivity index is 1.76. The molecule has 0 bridgehead atoms. The summed E-state index contributed by atoms with van der Waals surface area (Å²) in [5.41, 5.74) is 0.895. The van der Waals surface area contributed by atoms with Gasteiger partial charge in [0.25, 0.3) is 0 Å². The number of esters is 1. The number of carbonyl (C=O) groups is 2. The predicted molar refractivity (Wildman–Crippen MR) is 59.1 cm³/mol. The largest absolute Gasteiger partial charge is 0.458 e. The van der Waals surface area contributed by atoms with Crippen molar-refractivity contribution in [1.29, 1.82) is 0 Å². The molecule has 1 aliphatic heterocycles. The van der Waals surface area contributed by atoms with E-state index in [-0.39, 0.29) is 12.7 Å². The molecule has 1 N–H and O–H groups in total. The van der Waals surface area contributed by atoms with Gasteiger partial charge in [-0.2, -0.15) is 0 Å². The minimum atomic E-state index is -0.609. The van der Waals surface area contributed by atoms with E-state index in [4.69, 9.17) is 9.47 Å². The average Bonchev–Trinajstić information content (AvgIpc) is 2.35. The Morgan fingerprint density at radius 2 is 2.12 bits per heavy atom. The van der Waals surface area contributed by atoms with E-state index in [1.54, 1.807) is 6.92 Å². The van der Waals surface area contributed by atoms with Crippen LogP contribution in [0.1, 0.15) is 12.5 Å². The fraction of sp³-hybridized carbons (Fsp3) is 0.333. The molecule has 2 atom stereocenters. The van der Waals surface area contributed by atoms with E-state index in [1.165, 1.54) is 0 Å². The van der Waals surface area contributed by atoms with Crippen LogP contribution in [0.2, 0.25) is 0 Å². The van der Waals surface area contributed by atoms with E-state index >= 15 is 0 Å². The molecule has 5 heteroatoms. The average molecular weight is 235 g/mol. The molecule has 1 amide bonds. The van der Waals surface area contributed by atoms with Crippen molar-refractivity contribution in [2.75, 3.05) is 0 Å². The molecule has 0 aromatic heterocycles. The van der Waals surface area contributed by atoms with Gasteiger partial charge in [-0.1, -0.05) is 30.3 Å². The van der Waals surface area contributed by atoms with Crippen molar-refractivity contribution in [2.24, 2.45) is 0 Å². The summed E-state index contributed by atoms with van der Waals surface area (Å²) >= 11 is 0. The Bertz CT molecular complexity index is 418. The van der Waals surface area contributed by atoms with E-state index in [0.29, 0.717) is 0 Å². The summed E-state index contributed by atoms with van der Waals surface area (Å²) in [5.74, 6) is -0.422. The van der Waals surface area contributed by atoms with Crippen molar-refractivity contribution < 1.29 is 19.1 Å². The number of hydrogen-bond donors (Lipinski definition) is 1. The molecule has 0 aliphatic carbocycles. The lowest BCUT2D eigenvalue weighted by molar-refractivity contribution is -0.174. The molecule has 1 aromatic rings. The van der Waals surface area contributed by atoms with Crippen LogP contribution in [-0.4, -0.2) is 24.2 Å². The van der Waals surface area contributed by atoms with Crippen LogP contribution in [0.4, 0.5) is 4.79 Å². The SMILES string of the molecule is C[C@@H]1OC(=O)[C@H]1NC(=O)OCc1ccccc1. The van der Waals surface area contributed by atoms with Gasteiger partial charge in [-0.05, 0) is 12.5 Å². The Kier molecular flexibility index (Phi) is 3.27. The summed E-state index contributed by atoms with van der Waals surface area (Å²) in [6.45, 7) is 1.90. The van der Waals surface area contributed by atoms with Crippen molar-refractivity contribution in [1.82, 2.24) is 5.32 Å². The maximum atomic E-state index is 11.4. The van der Waals surface area contributed by atoms with Crippen molar-refractivity contribution >= 4 is 12.1 Å². The number of carbonyl (C=O) groups excluding carboxylic acids is 2. The second kappa shape index (κ2) is 4.86. The highest BCUT2D eigenvalue weighted by Crippen LogP contribution is 2.13. The topological polar surface area (TPSA) is 64.6 Å². The second-order valence-corrected chi connectivity index (χ2v) is 3.83. The van der Waals surface area contributed by atoms with Gasteiger partial charge < -0.3 is 14.8 Å². The Morgan fingerprint density at radius 3 is 2.71 bits per heavy atom. The van der Waals surface area contributed by atoms with Crippen LogP contribution in [0.5, 0.6) is 0 Å². The van der Waals surface area contributed by atoms with Gasteiger partial charge in [-0.3, -0.25) is 0 Å². The van der Waals surface area contributed by atoms with Crippen molar-refractivity contribution in [3.8, 4) is 0 Å². The van der Waals surface area contributed by atoms with E-state index in [0.717, 1.165) is 5.56 Å². The van der Waals surface area contributed by atoms with Crippen molar-refractivity contribution in [3.05, 3.63) is 35.9 Å². The van der Waals surface area contributed by atoms with Gasteiger partial charge in [-0.15, -0.1) is 0 Å². The number of ether oxygens (including phenoxy) is 2. The highest BCUT2D eigenvalue weighted by molar-refractivity contribution is 5.86. The van der Waals surface area contributed by atoms with Crippen LogP contribution in [0, 0.1) is 0 Å². The monoisotopic (exact) mass is 235 g/mol. The Morgan fingerprint density at radius 1 is 1.41 bits per heavy atom. The van der Waals surface area contributed by atoms with Crippen LogP contribution < -0.4 is 5.32 Å². The fourth-order valence-electron chi connectivity index (χ4n) is 1.51. The molecular formula is C12H13NO4. The molecule has 1 aliphatic rings. The summed E-state index contributed by atoms with van der Waals surface area (Å²) < 4.78 is 9.68. The van der Waals surface area contributed by atoms with Gasteiger partial charge in [0.1, 0.15) is 12.7 Å². The summed E-state index contributed by atoms with van der Waals surface area (Å²) in [6.07, 6.45) is -0.894. The number of benzene rings is 1. The van der Waals surface area contributed by atoms with E-state index in [9.17, 15) is 9.59 Å². The zero-order chi connectivity index (χ0) is 12.3. The number of rotatable bonds is 3. The molecule has 0 radical (unpaired) electrons. The standard InChI is InChI=1S/C12H13NO4/c1-8-10(11(14)17-8)13-12(15)16-7-9-5-3-2-4-6-9/h2-6,8,10H,7H2,1H3,(H,13,15)/t8-,10-/m0/s1. The number of hydrogen-bond acceptors (Lipinski definition) is 4. The normalized spacial score (nSPS) is 22.3. The maximum Gasteiger partial charge on any atom is 0.408 e. The van der Waals surface area contributed by atoms with Crippen molar-refractivity contribution in [3.63, 3.8) is 0 Å². The first-order chi connectivity index (χ1) is 8.16. The Hall–Kier alpha value is -2.04. The summed E-state index contributed by atoms with van der Waals surface area (Å²) in [4.78, 5) is 22.3. The van der Waals surface area contributed by atoms with Gasteiger partial charge in [-0.25, -0.2) is 9.59 Å². The molecular weight excluding hydrogens is 222 g/mol. The molecule has 1 heterocycles. The number of alkyl carbamates (subject to hydrolysis) is 1. The van der Waals surface area contributed by atoms with Crippen LogP contribution in [0.15, 0.2) is 30.3 Å². The first-order valence-electron chi connectivity index (χ1n) is 5.34. The lowest BCUT2D eigenvalue weighted by atomic mass is 10.1. The second-order valence-electron chi connectivity index (χ2n) is 3.83. The van der Waals surface area contributed by atoms with Gasteiger partial charge in [0, 0.05) is 0 Å². The molecule has 1 saturated heterocycles. The first-order valence-corrected chi connectivity index (χ1v) is 5.34. The Labute approximate surface area is 98.7 Å². The summed E-state index contributed by atoms with van der Waals surface area (Å²) in [6, 6.07) is 8.74. The molecule has 0 saturated carbocycles. The summed E-state index contributed by atoms with van der Waals surface area (Å²) in [7, 11) is 0. The van der Waals surface area contributed by atoms with E-state index in [1.807, 2.05) is 30.3 Å². The highest BCUT2D eigenvalue weighted by Gasteiger charge is 2.40. The van der Waals surface area contributed by atoms with Crippen LogP contribution >= 0.6 is 0 Å². The van der Waals surface area contributed by atoms with Gasteiger partial charge >= 0.3 is 12.1 Å². The fourth-order valence-corrected chi connectivity index (χ4v) is 1.51. The van der Waals surface area contributed by atoms with Crippen LogP contribution in [0.25, 0.3) is 0 Å². The molecule has 5 nitrogen and oxygen atoms in total. The minimum Gasteiger partial charge on any atom is -0.458 e. The third kappa shape index (κ3) is 2.75. The molecule has 1 fully saturated rings. The van der Waals surface area contributed by atoms with Gasteiger partial charge in [0.05, 0.1) is 0 Å². The van der Waals surface area contributed by atoms with Crippen molar-refractivity contribution in [2.45, 2.75) is 25.7 Å². The molecule has 0 unspecified atom stereocenters. The molecule has 90 valence electrons. The predicted octanol–water partition coefficient (Wildman–Crippen LogP) is 1.23. The van der Waals surface area contributed by atoms with E-state index < -0.39 is 18.1 Å². The van der Waals surface area contributed by atoms with Gasteiger partial charge in [0.2, 0.25) is 0 Å². The van der Waals surface area contributed by atoms with E-state index in [2.05, 4.69) is 5.32 Å². The quantitative estimate of drug-likeness (QED) is 0.800. The summed E-state index contributed by atoms with van der Waals surface area (Å²) in [5, 5.41) is 2.45.